The smallest absolute Gasteiger partial charge is 0.255 e. The molecule has 3 rings (SSSR count). The van der Waals surface area contributed by atoms with Crippen molar-refractivity contribution >= 4 is 56.5 Å². The topological polar surface area (TPSA) is 53.2 Å². The summed E-state index contributed by atoms with van der Waals surface area (Å²) < 4.78 is 0.904. The number of anilines is 1. The Morgan fingerprint density at radius 3 is 2.56 bits per heavy atom. The van der Waals surface area contributed by atoms with Gasteiger partial charge in [-0.05, 0) is 55.0 Å². The first-order valence-corrected chi connectivity index (χ1v) is 9.13. The van der Waals surface area contributed by atoms with E-state index in [1.807, 2.05) is 31.2 Å². The molecule has 1 amide bonds. The Morgan fingerprint density at radius 2 is 1.88 bits per heavy atom. The van der Waals surface area contributed by atoms with E-state index in [2.05, 4.69) is 31.9 Å². The molecule has 0 aliphatic carbocycles. The fraction of sp³-hybridized carbons (Fsp3) is 0.111. The van der Waals surface area contributed by atoms with Crippen LogP contribution in [-0.2, 0) is 4.79 Å². The maximum Gasteiger partial charge on any atom is 0.255 e. The number of carbonyl (C=O) groups excluding carboxylic acids is 1. The average Bonchev–Trinajstić information content (AvgIpc) is 2.56. The van der Waals surface area contributed by atoms with Crippen LogP contribution in [0, 0.1) is 0 Å². The van der Waals surface area contributed by atoms with Crippen LogP contribution in [0.2, 0.25) is 5.02 Å². The van der Waals surface area contributed by atoms with Crippen molar-refractivity contribution in [3.63, 3.8) is 0 Å². The second-order valence-corrected chi connectivity index (χ2v) is 7.25. The molecule has 0 aromatic heterocycles. The minimum Gasteiger partial charge on any atom is -0.351 e. The number of allylic oxidation sites excluding steroid dienone is 1. The minimum absolute atomic E-state index is 0.205. The quantitative estimate of drug-likeness (QED) is 0.619. The molecule has 7 heteroatoms. The normalized spacial score (nSPS) is 16.9. The molecule has 2 aromatic carbocycles. The van der Waals surface area contributed by atoms with Crippen LogP contribution in [0.5, 0.6) is 0 Å². The molecule has 1 aliphatic heterocycles. The zero-order chi connectivity index (χ0) is 18.0. The lowest BCUT2D eigenvalue weighted by Crippen LogP contribution is -2.45. The van der Waals surface area contributed by atoms with Gasteiger partial charge in [-0.3, -0.25) is 4.79 Å². The summed E-state index contributed by atoms with van der Waals surface area (Å²) >= 11 is 14.7. The second kappa shape index (κ2) is 7.56. The maximum absolute atomic E-state index is 12.9. The fourth-order valence-corrected chi connectivity index (χ4v) is 3.58. The summed E-state index contributed by atoms with van der Waals surface area (Å²) in [6.07, 6.45) is 0. The fourth-order valence-electron chi connectivity index (χ4n) is 2.67. The van der Waals surface area contributed by atoms with Gasteiger partial charge in [0.15, 0.2) is 5.11 Å². The van der Waals surface area contributed by atoms with Crippen molar-refractivity contribution in [3.05, 3.63) is 74.9 Å². The SMILES string of the molecule is CC1=C(C(=O)Nc2ccc(Cl)cc2)[C@@H](c2ccccc2Br)NC(=S)N1. The van der Waals surface area contributed by atoms with Crippen LogP contribution in [0.4, 0.5) is 5.69 Å². The molecule has 2 aromatic rings. The van der Waals surface area contributed by atoms with Gasteiger partial charge in [-0.1, -0.05) is 45.7 Å². The first-order valence-electron chi connectivity index (χ1n) is 7.55. The van der Waals surface area contributed by atoms with Gasteiger partial charge >= 0.3 is 0 Å². The number of halogens is 2. The van der Waals surface area contributed by atoms with Crippen LogP contribution in [-0.4, -0.2) is 11.0 Å². The lowest BCUT2D eigenvalue weighted by atomic mass is 9.95. The largest absolute Gasteiger partial charge is 0.351 e. The van der Waals surface area contributed by atoms with Crippen LogP contribution < -0.4 is 16.0 Å². The Balaban J connectivity index is 1.96. The number of nitrogens with one attached hydrogen (secondary N) is 3. The molecule has 25 heavy (non-hydrogen) atoms. The van der Waals surface area contributed by atoms with E-state index in [1.54, 1.807) is 24.3 Å². The Morgan fingerprint density at radius 1 is 1.20 bits per heavy atom. The van der Waals surface area contributed by atoms with Gasteiger partial charge in [0.1, 0.15) is 0 Å². The number of rotatable bonds is 3. The number of thiocarbonyl (C=S) groups is 1. The zero-order valence-electron chi connectivity index (χ0n) is 13.3. The summed E-state index contributed by atoms with van der Waals surface area (Å²) in [5.41, 5.74) is 2.91. The summed E-state index contributed by atoms with van der Waals surface area (Å²) in [6.45, 7) is 1.84. The number of hydrogen-bond donors (Lipinski definition) is 3. The van der Waals surface area contributed by atoms with Gasteiger partial charge in [0.2, 0.25) is 0 Å². The molecule has 0 saturated carbocycles. The molecule has 1 atom stereocenters. The Hall–Kier alpha value is -1.89. The molecule has 1 aliphatic rings. The first-order chi connectivity index (χ1) is 12.0. The molecule has 0 radical (unpaired) electrons. The highest BCUT2D eigenvalue weighted by Crippen LogP contribution is 2.32. The van der Waals surface area contributed by atoms with Gasteiger partial charge in [0, 0.05) is 20.9 Å². The Kier molecular flexibility index (Phi) is 5.42. The Labute approximate surface area is 164 Å². The van der Waals surface area contributed by atoms with E-state index in [0.29, 0.717) is 21.4 Å². The lowest BCUT2D eigenvalue weighted by molar-refractivity contribution is -0.113. The van der Waals surface area contributed by atoms with Crippen LogP contribution in [0.25, 0.3) is 0 Å². The highest BCUT2D eigenvalue weighted by molar-refractivity contribution is 9.10. The van der Waals surface area contributed by atoms with Crippen LogP contribution in [0.1, 0.15) is 18.5 Å². The van der Waals surface area contributed by atoms with Gasteiger partial charge in [-0.25, -0.2) is 0 Å². The van der Waals surface area contributed by atoms with Crippen molar-refractivity contribution in [3.8, 4) is 0 Å². The van der Waals surface area contributed by atoms with E-state index >= 15 is 0 Å². The molecule has 128 valence electrons. The highest BCUT2D eigenvalue weighted by atomic mass is 79.9. The molecule has 0 spiro atoms. The maximum atomic E-state index is 12.9. The second-order valence-electron chi connectivity index (χ2n) is 5.55. The first kappa shape index (κ1) is 17.9. The number of hydrogen-bond acceptors (Lipinski definition) is 2. The van der Waals surface area contributed by atoms with Gasteiger partial charge in [-0.2, -0.15) is 0 Å². The number of benzene rings is 2. The molecule has 1 heterocycles. The zero-order valence-corrected chi connectivity index (χ0v) is 16.4. The Bertz CT molecular complexity index is 867. The summed E-state index contributed by atoms with van der Waals surface area (Å²) in [5.74, 6) is -0.205. The van der Waals surface area contributed by atoms with Crippen LogP contribution in [0.3, 0.4) is 0 Å². The van der Waals surface area contributed by atoms with Crippen molar-refractivity contribution in [1.82, 2.24) is 10.6 Å². The van der Waals surface area contributed by atoms with E-state index in [4.69, 9.17) is 23.8 Å². The molecular formula is C18H15BrClN3OS. The third-order valence-corrected chi connectivity index (χ3v) is 5.03. The van der Waals surface area contributed by atoms with E-state index in [9.17, 15) is 4.79 Å². The predicted octanol–water partition coefficient (Wildman–Crippen LogP) is 4.53. The van der Waals surface area contributed by atoms with E-state index in [-0.39, 0.29) is 11.9 Å². The molecular weight excluding hydrogens is 422 g/mol. The van der Waals surface area contributed by atoms with E-state index in [0.717, 1.165) is 15.7 Å². The molecule has 0 unspecified atom stereocenters. The van der Waals surface area contributed by atoms with Gasteiger partial charge < -0.3 is 16.0 Å². The van der Waals surface area contributed by atoms with Gasteiger partial charge in [0.25, 0.3) is 5.91 Å². The number of amides is 1. The summed E-state index contributed by atoms with van der Waals surface area (Å²) in [4.78, 5) is 12.9. The summed E-state index contributed by atoms with van der Waals surface area (Å²) in [5, 5.41) is 10.2. The molecule has 0 saturated heterocycles. The molecule has 0 fully saturated rings. The lowest BCUT2D eigenvalue weighted by Gasteiger charge is -2.31. The monoisotopic (exact) mass is 435 g/mol. The molecule has 3 N–H and O–H groups in total. The van der Waals surface area contributed by atoms with E-state index < -0.39 is 0 Å². The van der Waals surface area contributed by atoms with Crippen molar-refractivity contribution in [2.24, 2.45) is 0 Å². The van der Waals surface area contributed by atoms with Gasteiger partial charge in [0.05, 0.1) is 11.6 Å². The molecule has 4 nitrogen and oxygen atoms in total. The summed E-state index contributed by atoms with van der Waals surface area (Å²) in [7, 11) is 0. The number of carbonyl (C=O) groups is 1. The van der Waals surface area contributed by atoms with Crippen LogP contribution in [0.15, 0.2) is 64.3 Å². The standard InChI is InChI=1S/C18H15BrClN3OS/c1-10-15(17(24)22-12-8-6-11(20)7-9-12)16(23-18(25)21-10)13-4-2-3-5-14(13)19/h2-9,16H,1H3,(H,22,24)(H2,21,23,25)/t16-/m1/s1. The van der Waals surface area contributed by atoms with E-state index in [1.165, 1.54) is 0 Å². The van der Waals surface area contributed by atoms with Gasteiger partial charge in [-0.15, -0.1) is 0 Å². The van der Waals surface area contributed by atoms with Crippen molar-refractivity contribution in [1.29, 1.82) is 0 Å². The average molecular weight is 437 g/mol. The van der Waals surface area contributed by atoms with Crippen LogP contribution >= 0.6 is 39.7 Å². The highest BCUT2D eigenvalue weighted by Gasteiger charge is 2.30. The molecule has 0 bridgehead atoms. The predicted molar refractivity (Wildman–Crippen MR) is 109 cm³/mol. The van der Waals surface area contributed by atoms with Crippen molar-refractivity contribution < 1.29 is 4.79 Å². The third-order valence-electron chi connectivity index (χ3n) is 3.83. The minimum atomic E-state index is -0.350. The third kappa shape index (κ3) is 4.03. The summed E-state index contributed by atoms with van der Waals surface area (Å²) in [6, 6.07) is 14.4. The van der Waals surface area contributed by atoms with Crippen molar-refractivity contribution in [2.75, 3.05) is 5.32 Å². The van der Waals surface area contributed by atoms with Crippen molar-refractivity contribution in [2.45, 2.75) is 13.0 Å².